The van der Waals surface area contributed by atoms with E-state index in [-0.39, 0.29) is 6.61 Å². The molecule has 21 heavy (non-hydrogen) atoms. The monoisotopic (exact) mass is 372 g/mol. The number of hydrogen-bond acceptors (Lipinski definition) is 4. The molecule has 0 spiro atoms. The van der Waals surface area contributed by atoms with Gasteiger partial charge in [0.1, 0.15) is 23.9 Å². The average Bonchev–Trinajstić information content (AvgIpc) is 2.43. The van der Waals surface area contributed by atoms with Gasteiger partial charge in [-0.3, -0.25) is 0 Å². The van der Waals surface area contributed by atoms with Crippen molar-refractivity contribution in [2.45, 2.75) is 11.0 Å². The minimum atomic E-state index is -4.36. The molecule has 0 saturated carbocycles. The Labute approximate surface area is 129 Å². The van der Waals surface area contributed by atoms with E-state index in [0.29, 0.717) is 22.8 Å². The molecule has 0 heterocycles. The average molecular weight is 373 g/mol. The molecule has 0 aliphatic rings. The summed E-state index contributed by atoms with van der Waals surface area (Å²) in [5.41, 5.74) is 0.558. The summed E-state index contributed by atoms with van der Waals surface area (Å²) in [4.78, 5) is -0.518. The first kappa shape index (κ1) is 17.9. The van der Waals surface area contributed by atoms with Crippen LogP contribution in [0.15, 0.2) is 12.1 Å². The van der Waals surface area contributed by atoms with Crippen LogP contribution in [-0.4, -0.2) is 40.7 Å². The van der Waals surface area contributed by atoms with Crippen molar-refractivity contribution in [1.29, 1.82) is 0 Å². The highest BCUT2D eigenvalue weighted by atomic mass is 79.9. The van der Waals surface area contributed by atoms with Crippen molar-refractivity contribution in [2.24, 2.45) is 0 Å². The molecule has 0 aliphatic heterocycles. The lowest BCUT2D eigenvalue weighted by molar-refractivity contribution is -0.173. The summed E-state index contributed by atoms with van der Waals surface area (Å²) in [6, 6.07) is 3.24. The second-order valence-corrected chi connectivity index (χ2v) is 5.15. The van der Waals surface area contributed by atoms with Crippen molar-refractivity contribution in [3.63, 3.8) is 0 Å². The van der Waals surface area contributed by atoms with E-state index < -0.39 is 17.6 Å². The maximum absolute atomic E-state index is 12.1. The predicted octanol–water partition coefficient (Wildman–Crippen LogP) is 3.73. The van der Waals surface area contributed by atoms with E-state index in [2.05, 4.69) is 20.7 Å². The molecule has 0 radical (unpaired) electrons. The van der Waals surface area contributed by atoms with Gasteiger partial charge in [0.15, 0.2) is 0 Å². The van der Waals surface area contributed by atoms with Crippen molar-refractivity contribution in [1.82, 2.24) is 0 Å². The summed E-state index contributed by atoms with van der Waals surface area (Å²) >= 11 is 3.29. The van der Waals surface area contributed by atoms with Crippen LogP contribution in [-0.2, 0) is 4.74 Å². The molecule has 0 saturated heterocycles. The van der Waals surface area contributed by atoms with Gasteiger partial charge in [-0.25, -0.2) is 0 Å². The number of hydrogen-bond donors (Lipinski definition) is 0. The lowest BCUT2D eigenvalue weighted by Crippen LogP contribution is -2.18. The fourth-order valence-electron chi connectivity index (χ4n) is 1.70. The molecule has 1 unspecified atom stereocenters. The van der Waals surface area contributed by atoms with Crippen LogP contribution in [0.3, 0.4) is 0 Å². The molecule has 0 aliphatic carbocycles. The number of rotatable bonds is 7. The van der Waals surface area contributed by atoms with Crippen LogP contribution in [0.25, 0.3) is 0 Å². The summed E-state index contributed by atoms with van der Waals surface area (Å²) in [6.45, 7) is -1.49. The highest BCUT2D eigenvalue weighted by molar-refractivity contribution is 9.09. The smallest absolute Gasteiger partial charge is 0.411 e. The first-order valence-corrected chi connectivity index (χ1v) is 6.82. The van der Waals surface area contributed by atoms with Crippen LogP contribution in [0.5, 0.6) is 17.2 Å². The number of halogens is 4. The molecular weight excluding hydrogens is 357 g/mol. The third-order valence-corrected chi connectivity index (χ3v) is 3.32. The molecule has 1 rings (SSSR count). The van der Waals surface area contributed by atoms with E-state index in [4.69, 9.17) is 14.2 Å². The highest BCUT2D eigenvalue weighted by Gasteiger charge is 2.29. The van der Waals surface area contributed by atoms with E-state index in [1.807, 2.05) is 0 Å². The van der Waals surface area contributed by atoms with Crippen LogP contribution in [0.1, 0.15) is 10.4 Å². The Balaban J connectivity index is 2.93. The lowest BCUT2D eigenvalue weighted by atomic mass is 10.1. The third kappa shape index (κ3) is 5.28. The Morgan fingerprint density at radius 1 is 1.05 bits per heavy atom. The third-order valence-electron chi connectivity index (χ3n) is 2.60. The van der Waals surface area contributed by atoms with Crippen molar-refractivity contribution in [3.8, 4) is 17.2 Å². The second-order valence-electron chi connectivity index (χ2n) is 4.04. The lowest BCUT2D eigenvalue weighted by Gasteiger charge is -2.19. The van der Waals surface area contributed by atoms with Gasteiger partial charge >= 0.3 is 6.18 Å². The Morgan fingerprint density at radius 2 is 1.57 bits per heavy atom. The van der Waals surface area contributed by atoms with E-state index in [1.165, 1.54) is 21.3 Å². The summed E-state index contributed by atoms with van der Waals surface area (Å²) in [5.74, 6) is 1.38. The first-order chi connectivity index (χ1) is 9.82. The zero-order valence-electron chi connectivity index (χ0n) is 11.8. The molecule has 8 heteroatoms. The van der Waals surface area contributed by atoms with Gasteiger partial charge in [0, 0.05) is 12.1 Å². The van der Waals surface area contributed by atoms with Crippen LogP contribution < -0.4 is 14.2 Å². The summed E-state index contributed by atoms with van der Waals surface area (Å²) < 4.78 is 56.5. The van der Waals surface area contributed by atoms with E-state index >= 15 is 0 Å². The van der Waals surface area contributed by atoms with Crippen molar-refractivity contribution >= 4 is 15.9 Å². The van der Waals surface area contributed by atoms with Crippen LogP contribution in [0.2, 0.25) is 0 Å². The number of alkyl halides is 4. The predicted molar refractivity (Wildman–Crippen MR) is 74.6 cm³/mol. The topological polar surface area (TPSA) is 36.9 Å². The van der Waals surface area contributed by atoms with Gasteiger partial charge in [-0.2, -0.15) is 13.2 Å². The molecule has 120 valence electrons. The van der Waals surface area contributed by atoms with Gasteiger partial charge in [-0.05, 0) is 0 Å². The van der Waals surface area contributed by atoms with E-state index in [0.717, 1.165) is 0 Å². The van der Waals surface area contributed by atoms with E-state index in [1.54, 1.807) is 12.1 Å². The molecule has 4 nitrogen and oxygen atoms in total. The molecular formula is C13H16BrF3O4. The van der Waals surface area contributed by atoms with Gasteiger partial charge in [-0.15, -0.1) is 0 Å². The first-order valence-electron chi connectivity index (χ1n) is 5.90. The Morgan fingerprint density at radius 3 is 1.95 bits per heavy atom. The normalized spacial score (nSPS) is 12.9. The summed E-state index contributed by atoms with van der Waals surface area (Å²) in [6.07, 6.45) is -4.36. The Hall–Kier alpha value is -1.15. The Kier molecular flexibility index (Phi) is 6.60. The SMILES string of the molecule is COc1cc(OC)c(C(Br)COCC(F)(F)F)c(OC)c1. The van der Waals surface area contributed by atoms with Gasteiger partial charge in [0.25, 0.3) is 0 Å². The largest absolute Gasteiger partial charge is 0.496 e. The number of ether oxygens (including phenoxy) is 4. The quantitative estimate of drug-likeness (QED) is 0.683. The van der Waals surface area contributed by atoms with Gasteiger partial charge in [-0.1, -0.05) is 15.9 Å². The molecule has 0 bridgehead atoms. The minimum Gasteiger partial charge on any atom is -0.496 e. The molecule has 0 aromatic heterocycles. The van der Waals surface area contributed by atoms with Crippen molar-refractivity contribution < 1.29 is 32.1 Å². The molecule has 0 fully saturated rings. The van der Waals surface area contributed by atoms with Crippen molar-refractivity contribution in [2.75, 3.05) is 34.5 Å². The molecule has 0 amide bonds. The molecule has 0 N–H and O–H groups in total. The summed E-state index contributed by atoms with van der Waals surface area (Å²) in [5, 5.41) is 0. The van der Waals surface area contributed by atoms with Crippen molar-refractivity contribution in [3.05, 3.63) is 17.7 Å². The standard InChI is InChI=1S/C13H16BrF3O4/c1-18-8-4-10(19-2)12(11(5-8)20-3)9(14)6-21-7-13(15,16)17/h4-5,9H,6-7H2,1-3H3. The fourth-order valence-corrected chi connectivity index (χ4v) is 2.34. The highest BCUT2D eigenvalue weighted by Crippen LogP contribution is 2.41. The zero-order valence-corrected chi connectivity index (χ0v) is 13.4. The minimum absolute atomic E-state index is 0.182. The number of benzene rings is 1. The maximum atomic E-state index is 12.1. The molecule has 1 aromatic carbocycles. The zero-order chi connectivity index (χ0) is 16.0. The van der Waals surface area contributed by atoms with Gasteiger partial charge in [0.05, 0.1) is 38.3 Å². The van der Waals surface area contributed by atoms with E-state index in [9.17, 15) is 13.2 Å². The second kappa shape index (κ2) is 7.74. The molecule has 1 aromatic rings. The fraction of sp³-hybridized carbons (Fsp3) is 0.538. The molecule has 1 atom stereocenters. The summed E-state index contributed by atoms with van der Waals surface area (Å²) in [7, 11) is 4.40. The van der Waals surface area contributed by atoms with Crippen LogP contribution in [0.4, 0.5) is 13.2 Å². The van der Waals surface area contributed by atoms with Gasteiger partial charge in [0.2, 0.25) is 0 Å². The van der Waals surface area contributed by atoms with Crippen LogP contribution in [0, 0.1) is 0 Å². The van der Waals surface area contributed by atoms with Crippen LogP contribution >= 0.6 is 15.9 Å². The van der Waals surface area contributed by atoms with Gasteiger partial charge < -0.3 is 18.9 Å². The Bertz CT molecular complexity index is 440. The maximum Gasteiger partial charge on any atom is 0.411 e. The number of methoxy groups -OCH3 is 3.